The van der Waals surface area contributed by atoms with Crippen LogP contribution in [-0.4, -0.2) is 14.5 Å². The van der Waals surface area contributed by atoms with Gasteiger partial charge < -0.3 is 4.57 Å². The highest BCUT2D eigenvalue weighted by atomic mass is 19.4. The lowest BCUT2D eigenvalue weighted by Gasteiger charge is -2.04. The molecule has 1 heterocycles. The molecule has 0 saturated heterocycles. The van der Waals surface area contributed by atoms with Gasteiger partial charge in [0.2, 0.25) is 5.82 Å². The van der Waals surface area contributed by atoms with Crippen molar-refractivity contribution in [3.8, 4) is 0 Å². The summed E-state index contributed by atoms with van der Waals surface area (Å²) >= 11 is 0. The molecule has 0 radical (unpaired) electrons. The number of nitro groups is 1. The summed E-state index contributed by atoms with van der Waals surface area (Å²) in [6.45, 7) is 4.83. The molecule has 0 bridgehead atoms. The molecule has 0 aliphatic rings. The molecule has 0 spiro atoms. The van der Waals surface area contributed by atoms with Crippen LogP contribution >= 0.6 is 0 Å². The first-order chi connectivity index (χ1) is 8.18. The first-order valence-electron chi connectivity index (χ1n) is 4.79. The predicted octanol–water partition coefficient (Wildman–Crippen LogP) is 0.810. The van der Waals surface area contributed by atoms with Gasteiger partial charge in [-0.05, 0) is 13.0 Å². The van der Waals surface area contributed by atoms with Gasteiger partial charge in [0.1, 0.15) is 0 Å². The number of nitrogens with zero attached hydrogens (tertiary/aromatic N) is 3. The first-order valence-corrected chi connectivity index (χ1v) is 4.79. The second kappa shape index (κ2) is 4.63. The molecule has 1 rings (SSSR count). The zero-order valence-corrected chi connectivity index (χ0v) is 9.65. The SMILES string of the molecule is C=c1/c(=C\C(=C/C)[N+](=O)[O-])nc(C(F)(F)F)n1C. The van der Waals surface area contributed by atoms with E-state index in [1.807, 2.05) is 0 Å². The summed E-state index contributed by atoms with van der Waals surface area (Å²) in [4.78, 5) is 13.2. The summed E-state index contributed by atoms with van der Waals surface area (Å²) in [5.74, 6) is -1.14. The third-order valence-electron chi connectivity index (χ3n) is 2.29. The van der Waals surface area contributed by atoms with Crippen LogP contribution in [0.3, 0.4) is 0 Å². The molecule has 0 aliphatic carbocycles. The topological polar surface area (TPSA) is 61.0 Å². The van der Waals surface area contributed by atoms with E-state index in [1.54, 1.807) is 0 Å². The van der Waals surface area contributed by atoms with Gasteiger partial charge in [0.15, 0.2) is 0 Å². The van der Waals surface area contributed by atoms with E-state index in [-0.39, 0.29) is 16.4 Å². The van der Waals surface area contributed by atoms with Crippen molar-refractivity contribution in [3.05, 3.63) is 38.4 Å². The third-order valence-corrected chi connectivity index (χ3v) is 2.29. The van der Waals surface area contributed by atoms with Gasteiger partial charge >= 0.3 is 6.18 Å². The van der Waals surface area contributed by atoms with Gasteiger partial charge in [-0.25, -0.2) is 4.98 Å². The Kier molecular flexibility index (Phi) is 3.59. The lowest BCUT2D eigenvalue weighted by atomic mass is 10.3. The molecule has 0 fully saturated rings. The minimum atomic E-state index is -4.63. The van der Waals surface area contributed by atoms with Crippen molar-refractivity contribution in [2.75, 3.05) is 0 Å². The number of halogens is 3. The van der Waals surface area contributed by atoms with E-state index in [9.17, 15) is 23.3 Å². The van der Waals surface area contributed by atoms with Crippen molar-refractivity contribution in [1.29, 1.82) is 0 Å². The molecule has 0 unspecified atom stereocenters. The molecule has 1 aromatic rings. The van der Waals surface area contributed by atoms with E-state index in [1.165, 1.54) is 13.0 Å². The maximum absolute atomic E-state index is 12.5. The molecule has 0 atom stereocenters. The number of rotatable bonds is 2. The van der Waals surface area contributed by atoms with E-state index < -0.39 is 16.9 Å². The van der Waals surface area contributed by atoms with Gasteiger partial charge in [-0.15, -0.1) is 0 Å². The van der Waals surface area contributed by atoms with Crippen LogP contribution in [0.25, 0.3) is 12.7 Å². The van der Waals surface area contributed by atoms with Gasteiger partial charge in [0.05, 0.1) is 15.6 Å². The molecule has 18 heavy (non-hydrogen) atoms. The lowest BCUT2D eigenvalue weighted by Crippen LogP contribution is -2.28. The van der Waals surface area contributed by atoms with Crippen LogP contribution in [0, 0.1) is 10.1 Å². The Morgan fingerprint density at radius 3 is 2.44 bits per heavy atom. The maximum atomic E-state index is 12.5. The van der Waals surface area contributed by atoms with Gasteiger partial charge in [0, 0.05) is 13.1 Å². The summed E-state index contributed by atoms with van der Waals surface area (Å²) in [7, 11) is 1.15. The fourth-order valence-corrected chi connectivity index (χ4v) is 1.30. The van der Waals surface area contributed by atoms with Gasteiger partial charge in [-0.2, -0.15) is 13.2 Å². The Morgan fingerprint density at radius 2 is 2.11 bits per heavy atom. The second-order valence-electron chi connectivity index (χ2n) is 3.44. The molecule has 98 valence electrons. The Labute approximate surface area is 99.7 Å². The molecule has 1 aromatic heterocycles. The zero-order chi connectivity index (χ0) is 14.1. The minimum Gasteiger partial charge on any atom is -0.324 e. The van der Waals surface area contributed by atoms with Crippen LogP contribution in [0.4, 0.5) is 13.2 Å². The molecular weight excluding hydrogens is 251 g/mol. The van der Waals surface area contributed by atoms with Crippen molar-refractivity contribution < 1.29 is 18.1 Å². The maximum Gasteiger partial charge on any atom is 0.449 e. The summed E-state index contributed by atoms with van der Waals surface area (Å²) < 4.78 is 38.4. The van der Waals surface area contributed by atoms with E-state index in [4.69, 9.17) is 0 Å². The van der Waals surface area contributed by atoms with E-state index >= 15 is 0 Å². The Bertz CT molecular complexity index is 614. The average Bonchev–Trinajstić information content (AvgIpc) is 2.52. The first kappa shape index (κ1) is 13.9. The smallest absolute Gasteiger partial charge is 0.324 e. The molecule has 0 aromatic carbocycles. The highest BCUT2D eigenvalue weighted by Gasteiger charge is 2.36. The highest BCUT2D eigenvalue weighted by molar-refractivity contribution is 5.40. The number of alkyl halides is 3. The molecule has 5 nitrogen and oxygen atoms in total. The quantitative estimate of drug-likeness (QED) is 0.584. The molecular formula is C10H10F3N3O2. The van der Waals surface area contributed by atoms with Crippen LogP contribution in [0.5, 0.6) is 0 Å². The second-order valence-corrected chi connectivity index (χ2v) is 3.44. The van der Waals surface area contributed by atoms with Crippen LogP contribution < -0.4 is 10.7 Å². The third kappa shape index (κ3) is 2.58. The van der Waals surface area contributed by atoms with Crippen molar-refractivity contribution in [1.82, 2.24) is 9.55 Å². The number of hydrogen-bond acceptors (Lipinski definition) is 3. The average molecular weight is 261 g/mol. The van der Waals surface area contributed by atoms with Crippen LogP contribution in [-0.2, 0) is 13.2 Å². The summed E-state index contributed by atoms with van der Waals surface area (Å²) in [5.41, 5.74) is -0.341. The minimum absolute atomic E-state index is 0.0384. The highest BCUT2D eigenvalue weighted by Crippen LogP contribution is 2.25. The standard InChI is InChI=1S/C10H10F3N3O2/c1-4-7(16(17)18)5-8-6(2)15(3)9(14-8)10(11,12)13/h4-5H,2H2,1,3H3/b7-4+,8-5+. The normalized spacial score (nSPS) is 14.1. The largest absolute Gasteiger partial charge is 0.449 e. The predicted molar refractivity (Wildman–Crippen MR) is 58.2 cm³/mol. The van der Waals surface area contributed by atoms with Crippen molar-refractivity contribution >= 4 is 12.7 Å². The van der Waals surface area contributed by atoms with Crippen LogP contribution in [0.15, 0.2) is 11.8 Å². The fraction of sp³-hybridized carbons (Fsp3) is 0.300. The van der Waals surface area contributed by atoms with Crippen LogP contribution in [0.1, 0.15) is 12.7 Å². The zero-order valence-electron chi connectivity index (χ0n) is 9.65. The number of aromatic nitrogens is 2. The van der Waals surface area contributed by atoms with Crippen molar-refractivity contribution in [2.24, 2.45) is 7.05 Å². The molecule has 0 amide bonds. The van der Waals surface area contributed by atoms with Crippen molar-refractivity contribution in [3.63, 3.8) is 0 Å². The summed E-state index contributed by atoms with van der Waals surface area (Å²) in [6.07, 6.45) is -2.50. The Hall–Kier alpha value is -2.12. The van der Waals surface area contributed by atoms with Gasteiger partial charge in [0.25, 0.3) is 5.70 Å². The van der Waals surface area contributed by atoms with E-state index in [0.29, 0.717) is 0 Å². The monoisotopic (exact) mass is 261 g/mol. The number of imidazole rings is 1. The Balaban J connectivity index is 3.51. The molecule has 8 heteroatoms. The van der Waals surface area contributed by atoms with Crippen LogP contribution in [0.2, 0.25) is 0 Å². The molecule has 0 N–H and O–H groups in total. The van der Waals surface area contributed by atoms with E-state index in [2.05, 4.69) is 11.6 Å². The van der Waals surface area contributed by atoms with Crippen molar-refractivity contribution in [2.45, 2.75) is 13.1 Å². The van der Waals surface area contributed by atoms with E-state index in [0.717, 1.165) is 17.7 Å². The fourth-order valence-electron chi connectivity index (χ4n) is 1.30. The van der Waals surface area contributed by atoms with Gasteiger partial charge in [-0.3, -0.25) is 10.1 Å². The Morgan fingerprint density at radius 1 is 1.56 bits per heavy atom. The van der Waals surface area contributed by atoms with Gasteiger partial charge in [-0.1, -0.05) is 6.58 Å². The molecule has 0 saturated carbocycles. The molecule has 0 aliphatic heterocycles. The summed E-state index contributed by atoms with van der Waals surface area (Å²) in [5, 5.41) is 10.4. The number of hydrogen-bond donors (Lipinski definition) is 0. The number of allylic oxidation sites excluding steroid dienone is 2. The lowest BCUT2D eigenvalue weighted by molar-refractivity contribution is -0.416. The summed E-state index contributed by atoms with van der Waals surface area (Å²) in [6, 6.07) is 0.